The third kappa shape index (κ3) is 8.07. The molecule has 8 heteroatoms. The zero-order chi connectivity index (χ0) is 30.9. The molecule has 2 aromatic carbocycles. The molecule has 3 fully saturated rings. The Labute approximate surface area is 262 Å². The first kappa shape index (κ1) is 32.2. The molecule has 8 nitrogen and oxygen atoms in total. The summed E-state index contributed by atoms with van der Waals surface area (Å²) in [6.45, 7) is 7.33. The van der Waals surface area contributed by atoms with Gasteiger partial charge in [-0.15, -0.1) is 0 Å². The lowest BCUT2D eigenvalue weighted by Gasteiger charge is -2.39. The Bertz CT molecular complexity index is 1210. The summed E-state index contributed by atoms with van der Waals surface area (Å²) in [7, 11) is 0. The van der Waals surface area contributed by atoms with Crippen molar-refractivity contribution in [3.8, 4) is 0 Å². The van der Waals surface area contributed by atoms with Gasteiger partial charge in [-0.3, -0.25) is 14.5 Å². The molecule has 3 aliphatic rings. The van der Waals surface area contributed by atoms with E-state index in [9.17, 15) is 19.5 Å². The van der Waals surface area contributed by atoms with Gasteiger partial charge in [-0.1, -0.05) is 73.9 Å². The van der Waals surface area contributed by atoms with E-state index in [0.717, 1.165) is 83.1 Å². The molecule has 2 aromatic rings. The molecular weight excluding hydrogens is 554 g/mol. The van der Waals surface area contributed by atoms with E-state index in [0.29, 0.717) is 37.0 Å². The highest BCUT2D eigenvalue weighted by molar-refractivity contribution is 5.75. The van der Waals surface area contributed by atoms with Crippen LogP contribution in [0.15, 0.2) is 54.6 Å². The first-order chi connectivity index (χ1) is 21.5. The maximum absolute atomic E-state index is 13.0. The largest absolute Gasteiger partial charge is 0.480 e. The van der Waals surface area contributed by atoms with Gasteiger partial charge in [0.25, 0.3) is 0 Å². The average molecular weight is 604 g/mol. The summed E-state index contributed by atoms with van der Waals surface area (Å²) in [6, 6.07) is 17.8. The number of nitrogens with zero attached hydrogens (tertiary/aromatic N) is 3. The van der Waals surface area contributed by atoms with Crippen molar-refractivity contribution >= 4 is 18.3 Å². The first-order valence-electron chi connectivity index (χ1n) is 16.7. The van der Waals surface area contributed by atoms with Crippen molar-refractivity contribution in [1.29, 1.82) is 0 Å². The first-order valence-corrected chi connectivity index (χ1v) is 16.7. The van der Waals surface area contributed by atoms with Gasteiger partial charge < -0.3 is 19.6 Å². The van der Waals surface area contributed by atoms with Crippen molar-refractivity contribution in [3.05, 3.63) is 71.3 Å². The Hall–Kier alpha value is -3.23. The molecule has 0 radical (unpaired) electrons. The highest BCUT2D eigenvalue weighted by atomic mass is 16.6. The van der Waals surface area contributed by atoms with Crippen LogP contribution >= 0.6 is 0 Å². The zero-order valence-electron chi connectivity index (χ0n) is 26.2. The van der Waals surface area contributed by atoms with Gasteiger partial charge in [0, 0.05) is 63.2 Å². The lowest BCUT2D eigenvalue weighted by Crippen LogP contribution is -2.49. The third-order valence-electron chi connectivity index (χ3n) is 10.2. The predicted molar refractivity (Wildman–Crippen MR) is 171 cm³/mol. The molecule has 0 bridgehead atoms. The van der Waals surface area contributed by atoms with Crippen molar-refractivity contribution < 1.29 is 24.2 Å². The maximum atomic E-state index is 13.0. The maximum Gasteiger partial charge on any atom is 0.410 e. The fraction of sp³-hybridized carbons (Fsp3) is 0.583. The van der Waals surface area contributed by atoms with Gasteiger partial charge in [-0.2, -0.15) is 0 Å². The van der Waals surface area contributed by atoms with E-state index in [1.54, 1.807) is 12.1 Å². The second-order valence-corrected chi connectivity index (χ2v) is 13.0. The second kappa shape index (κ2) is 15.7. The van der Waals surface area contributed by atoms with Gasteiger partial charge in [0.15, 0.2) is 0 Å². The third-order valence-corrected chi connectivity index (χ3v) is 10.2. The van der Waals surface area contributed by atoms with Crippen LogP contribution in [0.3, 0.4) is 0 Å². The summed E-state index contributed by atoms with van der Waals surface area (Å²) in [6.07, 6.45) is 8.54. The minimum absolute atomic E-state index is 0.156. The van der Waals surface area contributed by atoms with Crippen LogP contribution in [0.25, 0.3) is 0 Å². The number of likely N-dealkylation sites (tertiary alicyclic amines) is 2. The molecular formula is C36H49N3O5. The molecule has 0 unspecified atom stereocenters. The van der Waals surface area contributed by atoms with Crippen LogP contribution in [-0.4, -0.2) is 96.1 Å². The quantitative estimate of drug-likeness (QED) is 0.311. The molecule has 3 atom stereocenters. The van der Waals surface area contributed by atoms with Crippen molar-refractivity contribution in [3.63, 3.8) is 0 Å². The molecule has 44 heavy (non-hydrogen) atoms. The molecule has 1 aliphatic carbocycles. The van der Waals surface area contributed by atoms with Gasteiger partial charge in [0.05, 0.1) is 6.61 Å². The van der Waals surface area contributed by atoms with Crippen molar-refractivity contribution in [1.82, 2.24) is 14.7 Å². The Morgan fingerprint density at radius 2 is 1.68 bits per heavy atom. The molecule has 5 rings (SSSR count). The van der Waals surface area contributed by atoms with E-state index in [-0.39, 0.29) is 18.1 Å². The number of hydrogen-bond acceptors (Lipinski definition) is 6. The SMILES string of the molecule is CCN(C(=O)OCCc1ccc(C=O)cc1)C1CCN(C[C@H]2CN([C@@H](C(=O)O)C3CCCCC3)C[C@@H]2c2ccccc2)CC1. The lowest BCUT2D eigenvalue weighted by molar-refractivity contribution is -0.145. The summed E-state index contributed by atoms with van der Waals surface area (Å²) >= 11 is 0. The van der Waals surface area contributed by atoms with E-state index in [4.69, 9.17) is 4.74 Å². The van der Waals surface area contributed by atoms with Crippen LogP contribution in [0, 0.1) is 11.8 Å². The number of carbonyl (C=O) groups is 3. The number of hydrogen-bond donors (Lipinski definition) is 1. The second-order valence-electron chi connectivity index (χ2n) is 13.0. The molecule has 1 saturated carbocycles. The number of amides is 1. The molecule has 2 saturated heterocycles. The molecule has 238 valence electrons. The number of piperidine rings is 1. The smallest absolute Gasteiger partial charge is 0.410 e. The molecule has 1 amide bonds. The molecule has 0 spiro atoms. The monoisotopic (exact) mass is 603 g/mol. The van der Waals surface area contributed by atoms with E-state index in [1.165, 1.54) is 12.0 Å². The molecule has 0 aromatic heterocycles. The number of aldehydes is 1. The summed E-state index contributed by atoms with van der Waals surface area (Å²) in [5.41, 5.74) is 2.98. The van der Waals surface area contributed by atoms with Gasteiger partial charge in [-0.05, 0) is 55.6 Å². The molecule has 2 aliphatic heterocycles. The fourth-order valence-corrected chi connectivity index (χ4v) is 7.88. The summed E-state index contributed by atoms with van der Waals surface area (Å²) in [5.74, 6) is 0.269. The molecule has 2 heterocycles. The number of carboxylic acids is 1. The lowest BCUT2D eigenvalue weighted by atomic mass is 9.83. The average Bonchev–Trinajstić information content (AvgIpc) is 3.46. The number of aliphatic carboxylic acids is 1. The molecule has 1 N–H and O–H groups in total. The summed E-state index contributed by atoms with van der Waals surface area (Å²) in [5, 5.41) is 10.3. The van der Waals surface area contributed by atoms with E-state index in [2.05, 4.69) is 40.1 Å². The number of benzene rings is 2. The van der Waals surface area contributed by atoms with Crippen molar-refractivity contribution in [2.45, 2.75) is 76.3 Å². The fourth-order valence-electron chi connectivity index (χ4n) is 7.88. The van der Waals surface area contributed by atoms with Gasteiger partial charge in [-0.25, -0.2) is 4.79 Å². The topological polar surface area (TPSA) is 90.4 Å². The number of ether oxygens (including phenoxy) is 1. The summed E-state index contributed by atoms with van der Waals surface area (Å²) in [4.78, 5) is 43.1. The Morgan fingerprint density at radius 1 is 0.977 bits per heavy atom. The number of rotatable bonds is 12. The predicted octanol–water partition coefficient (Wildman–Crippen LogP) is 5.71. The summed E-state index contributed by atoms with van der Waals surface area (Å²) < 4.78 is 5.66. The number of carboxylic acid groups (broad SMARTS) is 1. The zero-order valence-corrected chi connectivity index (χ0v) is 26.2. The normalized spacial score (nSPS) is 22.8. The minimum atomic E-state index is -0.660. The van der Waals surface area contributed by atoms with Crippen LogP contribution in [-0.2, 0) is 16.0 Å². The Morgan fingerprint density at radius 3 is 2.32 bits per heavy atom. The van der Waals surface area contributed by atoms with Crippen molar-refractivity contribution in [2.75, 3.05) is 45.9 Å². The van der Waals surface area contributed by atoms with Gasteiger partial charge >= 0.3 is 12.1 Å². The van der Waals surface area contributed by atoms with Gasteiger partial charge in [0.2, 0.25) is 0 Å². The highest BCUT2D eigenvalue weighted by Crippen LogP contribution is 2.38. The minimum Gasteiger partial charge on any atom is -0.480 e. The number of carbonyl (C=O) groups excluding carboxylic acids is 2. The van der Waals surface area contributed by atoms with Crippen LogP contribution < -0.4 is 0 Å². The van der Waals surface area contributed by atoms with Gasteiger partial charge in [0.1, 0.15) is 12.3 Å². The standard InChI is InChI=1S/C36H49N3O5/c1-2-39(36(43)44-22-19-27-13-15-28(26-40)16-14-27)32-17-20-37(21-18-32)23-31-24-38(25-33(31)29-9-5-3-6-10-29)34(35(41)42)30-11-7-4-8-12-30/h3,5-6,9-10,13-16,26,30-34H,2,4,7-8,11-12,17-25H2,1H3,(H,41,42)/t31-,33+,34+/m0/s1. The van der Waals surface area contributed by atoms with E-state index >= 15 is 0 Å². The van der Waals surface area contributed by atoms with E-state index < -0.39 is 12.0 Å². The Balaban J connectivity index is 1.15. The highest BCUT2D eigenvalue weighted by Gasteiger charge is 2.43. The van der Waals surface area contributed by atoms with Crippen LogP contribution in [0.2, 0.25) is 0 Å². The van der Waals surface area contributed by atoms with E-state index in [1.807, 2.05) is 24.0 Å². The van der Waals surface area contributed by atoms with Crippen LogP contribution in [0.1, 0.15) is 79.3 Å². The van der Waals surface area contributed by atoms with Crippen LogP contribution in [0.4, 0.5) is 4.79 Å². The van der Waals surface area contributed by atoms with Crippen molar-refractivity contribution in [2.24, 2.45) is 11.8 Å². The Kier molecular flexibility index (Phi) is 11.5. The van der Waals surface area contributed by atoms with Crippen LogP contribution in [0.5, 0.6) is 0 Å².